The molecule has 0 saturated carbocycles. The fourth-order valence-corrected chi connectivity index (χ4v) is 7.14. The first-order chi connectivity index (χ1) is 27.5. The molecule has 1 saturated heterocycles. The third-order valence-corrected chi connectivity index (χ3v) is 10.8. The molecule has 2 aliphatic heterocycles. The number of carbonyl (C=O) groups is 5. The highest BCUT2D eigenvalue weighted by Crippen LogP contribution is 2.23. The van der Waals surface area contributed by atoms with Crippen molar-refractivity contribution in [3.05, 3.63) is 29.8 Å². The number of hydrogen-bond donors (Lipinski definition) is 5. The van der Waals surface area contributed by atoms with Crippen molar-refractivity contribution in [1.29, 1.82) is 0 Å². The largest absolute Gasteiger partial charge is 0.507 e. The zero-order valence-electron chi connectivity index (χ0n) is 34.1. The summed E-state index contributed by atoms with van der Waals surface area (Å²) in [5.74, 6) is -3.23. The molecular weight excluding hydrogens is 734 g/mol. The van der Waals surface area contributed by atoms with Crippen molar-refractivity contribution in [3.63, 3.8) is 0 Å². The average Bonchev–Trinajstić information content (AvgIpc) is 3.65. The number of benzene rings is 1. The number of ether oxygens (including phenoxy) is 2. The van der Waals surface area contributed by atoms with E-state index in [2.05, 4.69) is 22.5 Å². The molecule has 5 atom stereocenters. The highest BCUT2D eigenvalue weighted by atomic mass is 16.5. The number of hydrogen-bond acceptors (Lipinski definition) is 11. The lowest BCUT2D eigenvalue weighted by Gasteiger charge is -2.28. The molecule has 15 nitrogen and oxygen atoms in total. The van der Waals surface area contributed by atoms with E-state index < -0.39 is 53.8 Å². The molecule has 1 aromatic carbocycles. The summed E-state index contributed by atoms with van der Waals surface area (Å²) >= 11 is 0. The van der Waals surface area contributed by atoms with Crippen LogP contribution in [0.3, 0.4) is 0 Å². The maximum Gasteiger partial charge on any atom is 0.328 e. The van der Waals surface area contributed by atoms with Gasteiger partial charge in [0.2, 0.25) is 24.1 Å². The van der Waals surface area contributed by atoms with E-state index in [0.29, 0.717) is 60.6 Å². The van der Waals surface area contributed by atoms with Gasteiger partial charge in [0, 0.05) is 13.1 Å². The molecule has 320 valence electrons. The predicted molar refractivity (Wildman–Crippen MR) is 213 cm³/mol. The Bertz CT molecular complexity index is 1430. The van der Waals surface area contributed by atoms with Crippen LogP contribution in [0.15, 0.2) is 29.3 Å². The standard InChI is InChI=1S/C42H67N5O10/c1-3-4-5-6-7-8-9-10-11-12-13-14-15-26-37(31(2)38(50)43-33-23-19-21-28-47(55)41(33)52)57-42(53)34(24-18-20-27-46(54)30-48)44-39(51)35-29-56-40(45-35)32-22-16-17-25-36(32)49/h16-17,22,25,30-31,33-35,37,49,54-55H,3-15,18-21,23-24,26-29H2,1-2H3,(H,43,50)(H,44,51)/t31?,33-,34-,35-,37?/m1/s1. The lowest BCUT2D eigenvalue weighted by atomic mass is 9.96. The van der Waals surface area contributed by atoms with E-state index in [-0.39, 0.29) is 44.2 Å². The molecule has 0 aromatic heterocycles. The number of nitrogens with one attached hydrogen (secondary N) is 2. The zero-order chi connectivity index (χ0) is 41.4. The smallest absolute Gasteiger partial charge is 0.328 e. The third kappa shape index (κ3) is 17.0. The summed E-state index contributed by atoms with van der Waals surface area (Å²) < 4.78 is 11.7. The lowest BCUT2D eigenvalue weighted by Crippen LogP contribution is -2.51. The second-order valence-electron chi connectivity index (χ2n) is 15.4. The van der Waals surface area contributed by atoms with Gasteiger partial charge in [-0.25, -0.2) is 19.9 Å². The van der Waals surface area contributed by atoms with E-state index in [0.717, 1.165) is 25.7 Å². The minimum absolute atomic E-state index is 0.0218. The van der Waals surface area contributed by atoms with Crippen LogP contribution in [-0.2, 0) is 33.4 Å². The Labute approximate surface area is 337 Å². The van der Waals surface area contributed by atoms with E-state index >= 15 is 0 Å². The molecule has 1 aromatic rings. The van der Waals surface area contributed by atoms with Gasteiger partial charge in [0.1, 0.15) is 30.5 Å². The Morgan fingerprint density at radius 1 is 0.965 bits per heavy atom. The number of para-hydroxylation sites is 1. The molecule has 0 spiro atoms. The number of phenols is 1. The fourth-order valence-electron chi connectivity index (χ4n) is 7.14. The van der Waals surface area contributed by atoms with Crippen LogP contribution in [0.25, 0.3) is 0 Å². The Morgan fingerprint density at radius 2 is 1.60 bits per heavy atom. The highest BCUT2D eigenvalue weighted by Gasteiger charge is 2.36. The van der Waals surface area contributed by atoms with Crippen LogP contribution in [0.4, 0.5) is 0 Å². The molecule has 0 bridgehead atoms. The van der Waals surface area contributed by atoms with Crippen LogP contribution in [0, 0.1) is 5.92 Å². The number of carbonyl (C=O) groups excluding carboxylic acids is 5. The molecular formula is C42H67N5O10. The van der Waals surface area contributed by atoms with Gasteiger partial charge in [-0.05, 0) is 63.5 Å². The van der Waals surface area contributed by atoms with Crippen molar-refractivity contribution in [3.8, 4) is 5.75 Å². The topological polar surface area (TPSA) is 207 Å². The number of aromatic hydroxyl groups is 1. The predicted octanol–water partition coefficient (Wildman–Crippen LogP) is 5.96. The first-order valence-corrected chi connectivity index (χ1v) is 21.3. The molecule has 0 radical (unpaired) electrons. The molecule has 2 heterocycles. The van der Waals surface area contributed by atoms with Gasteiger partial charge < -0.3 is 25.2 Å². The van der Waals surface area contributed by atoms with Crippen molar-refractivity contribution >= 4 is 36.0 Å². The van der Waals surface area contributed by atoms with Crippen molar-refractivity contribution < 1.29 is 49.0 Å². The number of hydroxylamine groups is 4. The van der Waals surface area contributed by atoms with Crippen LogP contribution >= 0.6 is 0 Å². The average molecular weight is 802 g/mol. The molecule has 57 heavy (non-hydrogen) atoms. The van der Waals surface area contributed by atoms with Crippen LogP contribution in [0.5, 0.6) is 5.75 Å². The monoisotopic (exact) mass is 801 g/mol. The summed E-state index contributed by atoms with van der Waals surface area (Å²) in [7, 11) is 0. The van der Waals surface area contributed by atoms with E-state index in [1.54, 1.807) is 25.1 Å². The normalized spacial score (nSPS) is 18.4. The summed E-state index contributed by atoms with van der Waals surface area (Å²) in [6, 6.07) is 3.37. The second-order valence-corrected chi connectivity index (χ2v) is 15.4. The molecule has 4 amide bonds. The SMILES string of the molecule is CCCCCCCCCCCCCCCC(OC(=O)[C@@H](CCCCN(O)C=O)NC(=O)[C@H]1COC(c2ccccc2O)=N1)C(C)C(=O)N[C@@H]1CCCCN(O)C1=O. The van der Waals surface area contributed by atoms with E-state index in [4.69, 9.17) is 9.47 Å². The van der Waals surface area contributed by atoms with Gasteiger partial charge in [-0.15, -0.1) is 0 Å². The second kappa shape index (κ2) is 26.6. The van der Waals surface area contributed by atoms with Gasteiger partial charge in [0.25, 0.3) is 5.91 Å². The Morgan fingerprint density at radius 3 is 2.25 bits per heavy atom. The summed E-state index contributed by atoms with van der Waals surface area (Å²) in [5.41, 5.74) is 0.327. The molecule has 2 aliphatic rings. The number of phenolic OH excluding ortho intramolecular Hbond substituents is 1. The van der Waals surface area contributed by atoms with Crippen LogP contribution in [-0.4, -0.2) is 106 Å². The maximum atomic E-state index is 13.9. The van der Waals surface area contributed by atoms with Crippen LogP contribution < -0.4 is 10.6 Å². The maximum absolute atomic E-state index is 13.9. The van der Waals surface area contributed by atoms with Gasteiger partial charge >= 0.3 is 5.97 Å². The van der Waals surface area contributed by atoms with Crippen LogP contribution in [0.2, 0.25) is 0 Å². The van der Waals surface area contributed by atoms with E-state index in [1.165, 1.54) is 57.4 Å². The van der Waals surface area contributed by atoms with Crippen molar-refractivity contribution in [2.45, 2.75) is 166 Å². The van der Waals surface area contributed by atoms with E-state index in [1.807, 2.05) is 0 Å². The quantitative estimate of drug-likeness (QED) is 0.0221. The summed E-state index contributed by atoms with van der Waals surface area (Å²) in [6.45, 7) is 3.97. The summed E-state index contributed by atoms with van der Waals surface area (Å²) in [6.07, 6.45) is 17.3. The Kier molecular flexibility index (Phi) is 22.0. The molecule has 1 fully saturated rings. The van der Waals surface area contributed by atoms with Crippen molar-refractivity contribution in [2.24, 2.45) is 10.9 Å². The van der Waals surface area contributed by atoms with Crippen molar-refractivity contribution in [1.82, 2.24) is 20.8 Å². The summed E-state index contributed by atoms with van der Waals surface area (Å²) in [4.78, 5) is 68.9. The minimum Gasteiger partial charge on any atom is -0.507 e. The van der Waals surface area contributed by atoms with Gasteiger partial charge in [0.15, 0.2) is 6.04 Å². The van der Waals surface area contributed by atoms with Gasteiger partial charge in [0.05, 0.1) is 11.5 Å². The van der Waals surface area contributed by atoms with Crippen molar-refractivity contribution in [2.75, 3.05) is 19.7 Å². The number of aliphatic imine (C=N–C) groups is 1. The number of nitrogens with zero attached hydrogens (tertiary/aromatic N) is 3. The summed E-state index contributed by atoms with van der Waals surface area (Å²) in [5, 5.41) is 36.5. The minimum atomic E-state index is -1.15. The molecule has 2 unspecified atom stereocenters. The number of amides is 4. The molecule has 15 heteroatoms. The number of rotatable bonds is 28. The zero-order valence-corrected chi connectivity index (χ0v) is 34.1. The number of unbranched alkanes of at least 4 members (excludes halogenated alkanes) is 13. The highest BCUT2D eigenvalue weighted by molar-refractivity contribution is 6.00. The first kappa shape index (κ1) is 47.1. The third-order valence-electron chi connectivity index (χ3n) is 10.8. The first-order valence-electron chi connectivity index (χ1n) is 21.3. The van der Waals surface area contributed by atoms with Gasteiger partial charge in [-0.2, -0.15) is 0 Å². The molecule has 5 N–H and O–H groups in total. The number of esters is 1. The lowest BCUT2D eigenvalue weighted by molar-refractivity contribution is -0.167. The fraction of sp³-hybridized carbons (Fsp3) is 0.714. The van der Waals surface area contributed by atoms with E-state index in [9.17, 15) is 39.5 Å². The van der Waals surface area contributed by atoms with Gasteiger partial charge in [-0.1, -0.05) is 103 Å². The van der Waals surface area contributed by atoms with Crippen LogP contribution in [0.1, 0.15) is 148 Å². The Hall–Kier alpha value is -4.24. The van der Waals surface area contributed by atoms with Gasteiger partial charge in [-0.3, -0.25) is 29.6 Å². The molecule has 3 rings (SSSR count). The molecule has 0 aliphatic carbocycles. The Balaban J connectivity index is 1.66.